The number of aliphatic hydroxyl groups is 1. The molecule has 0 radical (unpaired) electrons. The van der Waals surface area contributed by atoms with E-state index < -0.39 is 11.6 Å². The SMILES string of the molecule is CC(C)N(CCCO)Cc1c(F)cccc1F. The minimum absolute atomic E-state index is 0.0863. The zero-order valence-corrected chi connectivity index (χ0v) is 10.3. The van der Waals surface area contributed by atoms with E-state index in [1.165, 1.54) is 18.2 Å². The molecule has 0 bridgehead atoms. The lowest BCUT2D eigenvalue weighted by Gasteiger charge is -2.26. The second-order valence-corrected chi connectivity index (χ2v) is 4.34. The molecule has 0 fully saturated rings. The predicted molar refractivity (Wildman–Crippen MR) is 63.6 cm³/mol. The highest BCUT2D eigenvalue weighted by Gasteiger charge is 2.15. The molecule has 0 heterocycles. The van der Waals surface area contributed by atoms with Gasteiger partial charge in [0.15, 0.2) is 0 Å². The summed E-state index contributed by atoms with van der Waals surface area (Å²) in [6.07, 6.45) is 0.605. The predicted octanol–water partition coefficient (Wildman–Crippen LogP) is 2.56. The molecule has 0 spiro atoms. The van der Waals surface area contributed by atoms with E-state index in [2.05, 4.69) is 0 Å². The molecule has 0 saturated heterocycles. The lowest BCUT2D eigenvalue weighted by atomic mass is 10.1. The monoisotopic (exact) mass is 243 g/mol. The van der Waals surface area contributed by atoms with Crippen molar-refractivity contribution in [3.8, 4) is 0 Å². The number of halogens is 2. The Labute approximate surface area is 101 Å². The minimum atomic E-state index is -0.514. The third kappa shape index (κ3) is 4.06. The molecular formula is C13H19F2NO. The first-order valence-corrected chi connectivity index (χ1v) is 5.84. The first-order chi connectivity index (χ1) is 8.06. The topological polar surface area (TPSA) is 23.5 Å². The second-order valence-electron chi connectivity index (χ2n) is 4.34. The normalized spacial score (nSPS) is 11.5. The van der Waals surface area contributed by atoms with Crippen LogP contribution in [0, 0.1) is 11.6 Å². The Balaban J connectivity index is 2.78. The highest BCUT2D eigenvalue weighted by atomic mass is 19.1. The molecular weight excluding hydrogens is 224 g/mol. The van der Waals surface area contributed by atoms with Crippen molar-refractivity contribution in [1.82, 2.24) is 4.90 Å². The van der Waals surface area contributed by atoms with Crippen LogP contribution in [0.3, 0.4) is 0 Å². The van der Waals surface area contributed by atoms with Gasteiger partial charge in [-0.1, -0.05) is 6.07 Å². The van der Waals surface area contributed by atoms with Gasteiger partial charge in [0, 0.05) is 31.3 Å². The fourth-order valence-electron chi connectivity index (χ4n) is 1.68. The molecule has 0 saturated carbocycles. The maximum Gasteiger partial charge on any atom is 0.130 e. The van der Waals surface area contributed by atoms with Crippen LogP contribution in [0.15, 0.2) is 18.2 Å². The van der Waals surface area contributed by atoms with Crippen LogP contribution in [0.2, 0.25) is 0 Å². The van der Waals surface area contributed by atoms with Crippen molar-refractivity contribution in [3.63, 3.8) is 0 Å². The summed E-state index contributed by atoms with van der Waals surface area (Å²) in [7, 11) is 0. The molecule has 1 N–H and O–H groups in total. The molecule has 0 unspecified atom stereocenters. The smallest absolute Gasteiger partial charge is 0.130 e. The lowest BCUT2D eigenvalue weighted by Crippen LogP contribution is -2.32. The molecule has 2 nitrogen and oxygen atoms in total. The average molecular weight is 243 g/mol. The van der Waals surface area contributed by atoms with Crippen molar-refractivity contribution in [2.45, 2.75) is 32.9 Å². The maximum absolute atomic E-state index is 13.5. The summed E-state index contributed by atoms with van der Waals surface area (Å²) in [5.74, 6) is -1.03. The molecule has 0 aromatic heterocycles. The van der Waals surface area contributed by atoms with Crippen LogP contribution in [0.4, 0.5) is 8.78 Å². The molecule has 0 aliphatic heterocycles. The molecule has 0 amide bonds. The zero-order valence-electron chi connectivity index (χ0n) is 10.3. The van der Waals surface area contributed by atoms with Gasteiger partial charge in [-0.15, -0.1) is 0 Å². The molecule has 0 atom stereocenters. The van der Waals surface area contributed by atoms with Crippen molar-refractivity contribution in [2.75, 3.05) is 13.2 Å². The first kappa shape index (κ1) is 14.1. The van der Waals surface area contributed by atoms with E-state index in [9.17, 15) is 8.78 Å². The van der Waals surface area contributed by atoms with Crippen LogP contribution in [0.1, 0.15) is 25.8 Å². The van der Waals surface area contributed by atoms with Crippen molar-refractivity contribution in [2.24, 2.45) is 0 Å². The Morgan fingerprint density at radius 3 is 2.29 bits per heavy atom. The zero-order chi connectivity index (χ0) is 12.8. The molecule has 4 heteroatoms. The Hall–Kier alpha value is -1.00. The van der Waals surface area contributed by atoms with Crippen LogP contribution >= 0.6 is 0 Å². The van der Waals surface area contributed by atoms with E-state index in [1.54, 1.807) is 0 Å². The molecule has 1 rings (SSSR count). The molecule has 0 aliphatic carbocycles. The van der Waals surface area contributed by atoms with Gasteiger partial charge in [-0.2, -0.15) is 0 Å². The van der Waals surface area contributed by atoms with Gasteiger partial charge < -0.3 is 5.11 Å². The Morgan fingerprint density at radius 1 is 1.24 bits per heavy atom. The summed E-state index contributed by atoms with van der Waals surface area (Å²) in [5, 5.41) is 8.80. The van der Waals surface area contributed by atoms with Gasteiger partial charge in [0.25, 0.3) is 0 Å². The molecule has 1 aromatic carbocycles. The van der Waals surface area contributed by atoms with Crippen LogP contribution in [-0.2, 0) is 6.54 Å². The van der Waals surface area contributed by atoms with Gasteiger partial charge in [-0.05, 0) is 32.4 Å². The highest BCUT2D eigenvalue weighted by molar-refractivity contribution is 5.19. The van der Waals surface area contributed by atoms with Gasteiger partial charge in [-0.25, -0.2) is 8.78 Å². The van der Waals surface area contributed by atoms with Gasteiger partial charge in [0.2, 0.25) is 0 Å². The average Bonchev–Trinajstić information content (AvgIpc) is 2.27. The third-order valence-corrected chi connectivity index (χ3v) is 2.76. The van der Waals surface area contributed by atoms with E-state index in [-0.39, 0.29) is 24.8 Å². The van der Waals surface area contributed by atoms with Crippen LogP contribution in [-0.4, -0.2) is 29.2 Å². The van der Waals surface area contributed by atoms with Crippen LogP contribution in [0.25, 0.3) is 0 Å². The fraction of sp³-hybridized carbons (Fsp3) is 0.538. The number of hydrogen-bond acceptors (Lipinski definition) is 2. The minimum Gasteiger partial charge on any atom is -0.396 e. The highest BCUT2D eigenvalue weighted by Crippen LogP contribution is 2.16. The molecule has 0 aliphatic rings. The lowest BCUT2D eigenvalue weighted by molar-refractivity contribution is 0.181. The number of aliphatic hydroxyl groups excluding tert-OH is 1. The van der Waals surface area contributed by atoms with E-state index in [0.29, 0.717) is 13.0 Å². The maximum atomic E-state index is 13.5. The molecule has 96 valence electrons. The van der Waals surface area contributed by atoms with Crippen molar-refractivity contribution < 1.29 is 13.9 Å². The number of nitrogens with zero attached hydrogens (tertiary/aromatic N) is 1. The van der Waals surface area contributed by atoms with Gasteiger partial charge in [-0.3, -0.25) is 4.90 Å². The summed E-state index contributed by atoms with van der Waals surface area (Å²) in [5.41, 5.74) is 0.0964. The number of hydrogen-bond donors (Lipinski definition) is 1. The van der Waals surface area contributed by atoms with Crippen molar-refractivity contribution in [1.29, 1.82) is 0 Å². The summed E-state index contributed by atoms with van der Waals surface area (Å²) in [6.45, 7) is 4.88. The van der Waals surface area contributed by atoms with Gasteiger partial charge in [0.05, 0.1) is 0 Å². The molecule has 1 aromatic rings. The summed E-state index contributed by atoms with van der Waals surface area (Å²) >= 11 is 0. The Bertz CT molecular complexity index is 335. The van der Waals surface area contributed by atoms with E-state index in [1.807, 2.05) is 18.7 Å². The number of rotatable bonds is 6. The molecule has 17 heavy (non-hydrogen) atoms. The number of benzene rings is 1. The first-order valence-electron chi connectivity index (χ1n) is 5.84. The van der Waals surface area contributed by atoms with Crippen molar-refractivity contribution in [3.05, 3.63) is 35.4 Å². The standard InChI is InChI=1S/C13H19F2NO/c1-10(2)16(7-4-8-17)9-11-12(14)5-3-6-13(11)15/h3,5-6,10,17H,4,7-9H2,1-2H3. The van der Waals surface area contributed by atoms with Crippen molar-refractivity contribution >= 4 is 0 Å². The van der Waals surface area contributed by atoms with Gasteiger partial charge in [0.1, 0.15) is 11.6 Å². The van der Waals surface area contributed by atoms with E-state index in [0.717, 1.165) is 0 Å². The van der Waals surface area contributed by atoms with E-state index >= 15 is 0 Å². The fourth-order valence-corrected chi connectivity index (χ4v) is 1.68. The quantitative estimate of drug-likeness (QED) is 0.830. The summed E-state index contributed by atoms with van der Waals surface area (Å²) in [6, 6.07) is 4.08. The largest absolute Gasteiger partial charge is 0.396 e. The Kier molecular flexibility index (Phi) is 5.51. The second kappa shape index (κ2) is 6.67. The van der Waals surface area contributed by atoms with Crippen LogP contribution < -0.4 is 0 Å². The summed E-state index contributed by atoms with van der Waals surface area (Å²) < 4.78 is 27.0. The van der Waals surface area contributed by atoms with Crippen LogP contribution in [0.5, 0.6) is 0 Å². The Morgan fingerprint density at radius 2 is 1.82 bits per heavy atom. The summed E-state index contributed by atoms with van der Waals surface area (Å²) in [4.78, 5) is 1.94. The van der Waals surface area contributed by atoms with Gasteiger partial charge >= 0.3 is 0 Å². The third-order valence-electron chi connectivity index (χ3n) is 2.76. The van der Waals surface area contributed by atoms with E-state index in [4.69, 9.17) is 5.11 Å².